The highest BCUT2D eigenvalue weighted by molar-refractivity contribution is 6.74. The van der Waals surface area contributed by atoms with Crippen LogP contribution in [-0.2, 0) is 20.6 Å². The Labute approximate surface area is 240 Å². The third-order valence-electron chi connectivity index (χ3n) is 7.64. The Balaban J connectivity index is 2.75. The van der Waals surface area contributed by atoms with Gasteiger partial charge in [0.05, 0.1) is 38.0 Å². The summed E-state index contributed by atoms with van der Waals surface area (Å²) in [5.41, 5.74) is 5.31. The molecule has 0 bridgehead atoms. The van der Waals surface area contributed by atoms with E-state index in [4.69, 9.17) is 9.41 Å². The molecule has 0 saturated heterocycles. The fourth-order valence-electron chi connectivity index (χ4n) is 4.25. The van der Waals surface area contributed by atoms with Gasteiger partial charge in [-0.25, -0.2) is 4.39 Å². The zero-order valence-electron chi connectivity index (χ0n) is 25.8. The van der Waals surface area contributed by atoms with Crippen LogP contribution in [0.1, 0.15) is 95.7 Å². The Bertz CT molecular complexity index is 1170. The number of rotatable bonds is 12. The maximum absolute atomic E-state index is 14.0. The number of carbonyl (C=O) groups is 1. The summed E-state index contributed by atoms with van der Waals surface area (Å²) in [5, 5.41) is 21.0. The average Bonchev–Trinajstić information content (AvgIpc) is 2.85. The van der Waals surface area contributed by atoms with Crippen LogP contribution in [0, 0.1) is 5.82 Å². The number of benzene rings is 1. The third-order valence-corrected chi connectivity index (χ3v) is 12.1. The summed E-state index contributed by atoms with van der Waals surface area (Å²) in [6, 6.07) is 6.43. The average molecular weight is 574 g/mol. The number of halogens is 1. The Hall–Kier alpha value is -2.39. The summed E-state index contributed by atoms with van der Waals surface area (Å²) in [5.74, 6) is -0.679. The van der Waals surface area contributed by atoms with Crippen LogP contribution < -0.4 is 0 Å². The van der Waals surface area contributed by atoms with Crippen LogP contribution in [0.2, 0.25) is 18.1 Å². The van der Waals surface area contributed by atoms with E-state index in [2.05, 4.69) is 66.3 Å². The minimum absolute atomic E-state index is 0.0181. The second-order valence-corrected chi connectivity index (χ2v) is 17.4. The molecular weight excluding hydrogens is 525 g/mol. The number of pyridine rings is 1. The van der Waals surface area contributed by atoms with Crippen LogP contribution in [0.25, 0.3) is 17.2 Å². The van der Waals surface area contributed by atoms with E-state index in [-0.39, 0.29) is 35.5 Å². The molecule has 0 saturated carbocycles. The van der Waals surface area contributed by atoms with Gasteiger partial charge in [-0.1, -0.05) is 72.8 Å². The lowest BCUT2D eigenvalue weighted by molar-refractivity contribution is -0.143. The van der Waals surface area contributed by atoms with Crippen molar-refractivity contribution in [1.29, 1.82) is 0 Å². The molecule has 1 heterocycles. The van der Waals surface area contributed by atoms with Gasteiger partial charge in [0, 0.05) is 23.2 Å². The zero-order valence-corrected chi connectivity index (χ0v) is 26.8. The first-order chi connectivity index (χ1) is 18.5. The lowest BCUT2D eigenvalue weighted by Gasteiger charge is -2.37. The quantitative estimate of drug-likeness (QED) is 0.204. The maximum Gasteiger partial charge on any atom is 0.308 e. The number of ether oxygens (including phenoxy) is 1. The molecule has 0 amide bonds. The zero-order chi connectivity index (χ0) is 30.4. The number of methoxy groups -OCH3 is 1. The van der Waals surface area contributed by atoms with Crippen molar-refractivity contribution in [2.24, 2.45) is 0 Å². The number of nitrogens with zero attached hydrogens (tertiary/aromatic N) is 1. The SMILES string of the molecule is COC(=O)C[C@@H](O)C[C@H](O)/C=C/c1c(C(C)C)nc(C(C)C)c(CO[Si](C)(C)C(C)(C)C)c1-c1ccc(F)cc1. The number of hydrogen-bond acceptors (Lipinski definition) is 6. The lowest BCUT2D eigenvalue weighted by Crippen LogP contribution is -2.40. The van der Waals surface area contributed by atoms with Crippen molar-refractivity contribution in [2.75, 3.05) is 7.11 Å². The Morgan fingerprint density at radius 2 is 1.62 bits per heavy atom. The second-order valence-electron chi connectivity index (χ2n) is 12.6. The number of carbonyl (C=O) groups excluding carboxylic acids is 1. The fraction of sp³-hybridized carbons (Fsp3) is 0.562. The first-order valence-corrected chi connectivity index (χ1v) is 17.0. The van der Waals surface area contributed by atoms with E-state index in [1.54, 1.807) is 18.2 Å². The summed E-state index contributed by atoms with van der Waals surface area (Å²) in [7, 11) is -0.854. The molecule has 2 aromatic rings. The van der Waals surface area contributed by atoms with Gasteiger partial charge in [0.15, 0.2) is 8.32 Å². The highest BCUT2D eigenvalue weighted by Gasteiger charge is 2.38. The molecular formula is C32H48FNO5Si. The molecule has 6 nitrogen and oxygen atoms in total. The molecule has 8 heteroatoms. The van der Waals surface area contributed by atoms with Gasteiger partial charge < -0.3 is 19.4 Å². The van der Waals surface area contributed by atoms with Crippen molar-refractivity contribution in [1.82, 2.24) is 4.98 Å². The number of esters is 1. The monoisotopic (exact) mass is 573 g/mol. The summed E-state index contributed by atoms with van der Waals surface area (Å²) in [6.07, 6.45) is 1.19. The predicted molar refractivity (Wildman–Crippen MR) is 162 cm³/mol. The molecule has 0 fully saturated rings. The van der Waals surface area contributed by atoms with Crippen molar-refractivity contribution in [3.63, 3.8) is 0 Å². The van der Waals surface area contributed by atoms with Crippen molar-refractivity contribution in [3.8, 4) is 11.1 Å². The molecule has 0 unspecified atom stereocenters. The van der Waals surface area contributed by atoms with Crippen LogP contribution in [0.5, 0.6) is 0 Å². The standard InChI is InChI=1S/C32H48FNO5Si/c1-20(2)30-26(16-15-24(35)17-25(36)18-28(37)38-8)29(22-11-13-23(33)14-12-22)27(31(34-30)21(3)4)19-39-40(9,10)32(5,6)7/h11-16,20-21,24-25,35-36H,17-19H2,1-10H3/b16-15+/t24-,25+/m1/s1. The van der Waals surface area contributed by atoms with E-state index in [1.165, 1.54) is 19.2 Å². The van der Waals surface area contributed by atoms with Crippen LogP contribution in [0.4, 0.5) is 4.39 Å². The molecule has 1 aromatic carbocycles. The number of aromatic nitrogens is 1. The number of aliphatic hydroxyl groups is 2. The third kappa shape index (κ3) is 8.80. The minimum atomic E-state index is -2.11. The van der Waals surface area contributed by atoms with E-state index < -0.39 is 26.5 Å². The summed E-state index contributed by atoms with van der Waals surface area (Å²) in [6.45, 7) is 19.8. The molecule has 0 spiro atoms. The number of hydrogen-bond donors (Lipinski definition) is 2. The Kier molecular flexibility index (Phi) is 11.8. The number of aliphatic hydroxyl groups excluding tert-OH is 2. The van der Waals surface area contributed by atoms with Gasteiger partial charge in [-0.3, -0.25) is 9.78 Å². The predicted octanol–water partition coefficient (Wildman–Crippen LogP) is 7.34. The van der Waals surface area contributed by atoms with Crippen molar-refractivity contribution >= 4 is 20.4 Å². The van der Waals surface area contributed by atoms with Gasteiger partial charge in [0.1, 0.15) is 5.82 Å². The smallest absolute Gasteiger partial charge is 0.308 e. The molecule has 222 valence electrons. The lowest BCUT2D eigenvalue weighted by atomic mass is 9.87. The molecule has 2 rings (SSSR count). The van der Waals surface area contributed by atoms with Crippen molar-refractivity contribution in [2.45, 2.75) is 110 Å². The highest BCUT2D eigenvalue weighted by Crippen LogP contribution is 2.41. The summed E-state index contributed by atoms with van der Waals surface area (Å²) in [4.78, 5) is 16.7. The minimum Gasteiger partial charge on any atom is -0.469 e. The first kappa shape index (κ1) is 33.8. The van der Waals surface area contributed by atoms with Crippen molar-refractivity contribution < 1.29 is 28.6 Å². The molecule has 1 aromatic heterocycles. The Morgan fingerprint density at radius 1 is 1.05 bits per heavy atom. The largest absolute Gasteiger partial charge is 0.469 e. The van der Waals surface area contributed by atoms with E-state index in [9.17, 15) is 19.4 Å². The molecule has 40 heavy (non-hydrogen) atoms. The van der Waals surface area contributed by atoms with E-state index in [0.29, 0.717) is 6.61 Å². The van der Waals surface area contributed by atoms with Crippen molar-refractivity contribution in [3.05, 3.63) is 58.7 Å². The maximum atomic E-state index is 14.0. The van der Waals surface area contributed by atoms with Crippen LogP contribution in [0.15, 0.2) is 30.3 Å². The molecule has 2 atom stereocenters. The van der Waals surface area contributed by atoms with E-state index in [0.717, 1.165) is 33.6 Å². The van der Waals surface area contributed by atoms with E-state index >= 15 is 0 Å². The van der Waals surface area contributed by atoms with Gasteiger partial charge >= 0.3 is 5.97 Å². The van der Waals surface area contributed by atoms with Gasteiger partial charge in [-0.2, -0.15) is 0 Å². The van der Waals surface area contributed by atoms with Gasteiger partial charge in [0.25, 0.3) is 0 Å². The molecule has 0 aliphatic carbocycles. The van der Waals surface area contributed by atoms with Gasteiger partial charge in [-0.05, 0) is 53.2 Å². The van der Waals surface area contributed by atoms with Gasteiger partial charge in [0.2, 0.25) is 0 Å². The van der Waals surface area contributed by atoms with Crippen LogP contribution >= 0.6 is 0 Å². The fourth-order valence-corrected chi connectivity index (χ4v) is 5.19. The first-order valence-electron chi connectivity index (χ1n) is 14.1. The molecule has 0 radical (unpaired) electrons. The van der Waals surface area contributed by atoms with Crippen LogP contribution in [0.3, 0.4) is 0 Å². The second kappa shape index (κ2) is 14.0. The normalized spacial score (nSPS) is 14.3. The highest BCUT2D eigenvalue weighted by atomic mass is 28.4. The summed E-state index contributed by atoms with van der Waals surface area (Å²) < 4.78 is 25.3. The molecule has 0 aliphatic rings. The topological polar surface area (TPSA) is 88.9 Å². The molecule has 0 aliphatic heterocycles. The Morgan fingerprint density at radius 3 is 2.12 bits per heavy atom. The van der Waals surface area contributed by atoms with Gasteiger partial charge in [-0.15, -0.1) is 0 Å². The summed E-state index contributed by atoms with van der Waals surface area (Å²) >= 11 is 0. The van der Waals surface area contributed by atoms with Crippen LogP contribution in [-0.4, -0.2) is 48.8 Å². The molecule has 2 N–H and O–H groups in total. The van der Waals surface area contributed by atoms with E-state index in [1.807, 2.05) is 6.08 Å².